The van der Waals surface area contributed by atoms with Gasteiger partial charge in [-0.1, -0.05) is 61.2 Å². The van der Waals surface area contributed by atoms with Gasteiger partial charge < -0.3 is 14.2 Å². The SMILES string of the molecule is C=C(C)C(=O)OCCOCCOCc1ccc2ccc3cccc4ccc1c2c34. The van der Waals surface area contributed by atoms with Crippen molar-refractivity contribution in [3.05, 3.63) is 72.3 Å². The van der Waals surface area contributed by atoms with Gasteiger partial charge in [0.05, 0.1) is 26.4 Å². The minimum absolute atomic E-state index is 0.223. The molecule has 4 aromatic rings. The van der Waals surface area contributed by atoms with E-state index in [9.17, 15) is 4.79 Å². The first-order chi connectivity index (χ1) is 14.1. The maximum atomic E-state index is 11.3. The maximum Gasteiger partial charge on any atom is 0.333 e. The Morgan fingerprint density at radius 3 is 2.17 bits per heavy atom. The number of carbonyl (C=O) groups excluding carboxylic acids is 1. The highest BCUT2D eigenvalue weighted by Crippen LogP contribution is 2.35. The van der Waals surface area contributed by atoms with Crippen molar-refractivity contribution >= 4 is 38.3 Å². The zero-order chi connectivity index (χ0) is 20.2. The summed E-state index contributed by atoms with van der Waals surface area (Å²) in [5.74, 6) is -0.390. The Kier molecular flexibility index (Phi) is 5.74. The van der Waals surface area contributed by atoms with E-state index in [2.05, 4.69) is 61.2 Å². The molecule has 0 saturated heterocycles. The second-order valence-electron chi connectivity index (χ2n) is 7.16. The van der Waals surface area contributed by atoms with Crippen LogP contribution in [0.2, 0.25) is 0 Å². The molecule has 0 spiro atoms. The van der Waals surface area contributed by atoms with Crippen molar-refractivity contribution in [3.8, 4) is 0 Å². The molecule has 4 nitrogen and oxygen atoms in total. The number of hydrogen-bond acceptors (Lipinski definition) is 4. The van der Waals surface area contributed by atoms with Crippen molar-refractivity contribution in [2.45, 2.75) is 13.5 Å². The van der Waals surface area contributed by atoms with Crippen LogP contribution in [0, 0.1) is 0 Å². The van der Waals surface area contributed by atoms with Crippen molar-refractivity contribution in [1.82, 2.24) is 0 Å². The van der Waals surface area contributed by atoms with Crippen LogP contribution in [0.5, 0.6) is 0 Å². The van der Waals surface area contributed by atoms with Crippen molar-refractivity contribution in [2.24, 2.45) is 0 Å². The quantitative estimate of drug-likeness (QED) is 0.170. The molecule has 4 rings (SSSR count). The highest BCUT2D eigenvalue weighted by Gasteiger charge is 2.10. The van der Waals surface area contributed by atoms with Crippen LogP contribution in [0.15, 0.2) is 66.7 Å². The summed E-state index contributed by atoms with van der Waals surface area (Å²) in [5, 5.41) is 7.63. The molecule has 0 bridgehead atoms. The van der Waals surface area contributed by atoms with E-state index in [1.807, 2.05) is 0 Å². The van der Waals surface area contributed by atoms with E-state index < -0.39 is 0 Å². The lowest BCUT2D eigenvalue weighted by atomic mass is 9.92. The van der Waals surface area contributed by atoms with Crippen LogP contribution in [0.4, 0.5) is 0 Å². The van der Waals surface area contributed by atoms with Gasteiger partial charge in [0.15, 0.2) is 0 Å². The van der Waals surface area contributed by atoms with E-state index in [-0.39, 0.29) is 12.6 Å². The average Bonchev–Trinajstić information content (AvgIpc) is 2.74. The number of benzene rings is 4. The zero-order valence-electron chi connectivity index (χ0n) is 16.6. The van der Waals surface area contributed by atoms with Crippen LogP contribution in [0.3, 0.4) is 0 Å². The monoisotopic (exact) mass is 388 g/mol. The lowest BCUT2D eigenvalue weighted by Crippen LogP contribution is -2.13. The summed E-state index contributed by atoms with van der Waals surface area (Å²) in [6.45, 7) is 7.20. The van der Waals surface area contributed by atoms with Crippen LogP contribution in [0.25, 0.3) is 32.3 Å². The molecule has 148 valence electrons. The lowest BCUT2D eigenvalue weighted by molar-refractivity contribution is -0.140. The minimum Gasteiger partial charge on any atom is -0.460 e. The first-order valence-corrected chi connectivity index (χ1v) is 9.78. The van der Waals surface area contributed by atoms with Gasteiger partial charge in [-0.05, 0) is 44.8 Å². The normalized spacial score (nSPS) is 11.5. The van der Waals surface area contributed by atoms with Gasteiger partial charge in [-0.15, -0.1) is 0 Å². The molecular weight excluding hydrogens is 364 g/mol. The predicted molar refractivity (Wildman–Crippen MR) is 116 cm³/mol. The van der Waals surface area contributed by atoms with Crippen LogP contribution in [0.1, 0.15) is 12.5 Å². The van der Waals surface area contributed by atoms with Gasteiger partial charge >= 0.3 is 5.97 Å². The average molecular weight is 388 g/mol. The fourth-order valence-corrected chi connectivity index (χ4v) is 3.64. The van der Waals surface area contributed by atoms with E-state index in [1.54, 1.807) is 6.92 Å². The third-order valence-corrected chi connectivity index (χ3v) is 5.06. The van der Waals surface area contributed by atoms with Gasteiger partial charge in [0, 0.05) is 5.57 Å². The summed E-state index contributed by atoms with van der Waals surface area (Å²) in [5.41, 5.74) is 1.56. The summed E-state index contributed by atoms with van der Waals surface area (Å²) in [4.78, 5) is 11.3. The number of ether oxygens (including phenoxy) is 3. The Bertz CT molecular complexity index is 1150. The molecule has 0 radical (unpaired) electrons. The molecule has 0 atom stereocenters. The van der Waals surface area contributed by atoms with E-state index in [4.69, 9.17) is 14.2 Å². The summed E-state index contributed by atoms with van der Waals surface area (Å²) in [7, 11) is 0. The third-order valence-electron chi connectivity index (χ3n) is 5.06. The Balaban J connectivity index is 1.35. The molecule has 0 heterocycles. The summed E-state index contributed by atoms with van der Waals surface area (Å²) >= 11 is 0. The largest absolute Gasteiger partial charge is 0.460 e. The highest BCUT2D eigenvalue weighted by atomic mass is 16.6. The number of esters is 1. The molecule has 29 heavy (non-hydrogen) atoms. The maximum absolute atomic E-state index is 11.3. The lowest BCUT2D eigenvalue weighted by Gasteiger charge is -2.14. The Morgan fingerprint density at radius 2 is 1.41 bits per heavy atom. The van der Waals surface area contributed by atoms with E-state index >= 15 is 0 Å². The van der Waals surface area contributed by atoms with Crippen LogP contribution in [-0.4, -0.2) is 32.4 Å². The molecule has 4 heteroatoms. The van der Waals surface area contributed by atoms with Gasteiger partial charge in [0.1, 0.15) is 6.61 Å². The predicted octanol–water partition coefficient (Wildman–Crippen LogP) is 5.24. The zero-order valence-corrected chi connectivity index (χ0v) is 16.6. The first-order valence-electron chi connectivity index (χ1n) is 9.78. The van der Waals surface area contributed by atoms with Gasteiger partial charge in [0.2, 0.25) is 0 Å². The standard InChI is InChI=1S/C25H24O4/c1-17(2)25(26)29-15-14-27-12-13-28-16-21-9-8-20-7-6-18-4-3-5-19-10-11-22(21)24(20)23(18)19/h3-11H,1,12-16H2,2H3. The van der Waals surface area contributed by atoms with Gasteiger partial charge in [-0.3, -0.25) is 0 Å². The van der Waals surface area contributed by atoms with E-state index in [0.717, 1.165) is 0 Å². The fraction of sp³-hybridized carbons (Fsp3) is 0.240. The molecule has 0 amide bonds. The van der Waals surface area contributed by atoms with Crippen LogP contribution < -0.4 is 0 Å². The van der Waals surface area contributed by atoms with E-state index in [0.29, 0.717) is 32.0 Å². The molecular formula is C25H24O4. The molecule has 0 unspecified atom stereocenters. The molecule has 0 aliphatic carbocycles. The molecule has 0 N–H and O–H groups in total. The van der Waals surface area contributed by atoms with Crippen molar-refractivity contribution in [3.63, 3.8) is 0 Å². The Labute approximate surface area is 170 Å². The Hall–Kier alpha value is -2.95. The molecule has 0 fully saturated rings. The fourth-order valence-electron chi connectivity index (χ4n) is 3.64. The van der Waals surface area contributed by atoms with Crippen LogP contribution >= 0.6 is 0 Å². The summed E-state index contributed by atoms with van der Waals surface area (Å²) in [6.07, 6.45) is 0. The number of carbonyl (C=O) groups is 1. The minimum atomic E-state index is -0.390. The van der Waals surface area contributed by atoms with Crippen LogP contribution in [-0.2, 0) is 25.6 Å². The Morgan fingerprint density at radius 1 is 0.793 bits per heavy atom. The van der Waals surface area contributed by atoms with Crippen molar-refractivity contribution in [2.75, 3.05) is 26.4 Å². The van der Waals surface area contributed by atoms with Gasteiger partial charge in [-0.2, -0.15) is 0 Å². The second kappa shape index (κ2) is 8.60. The summed E-state index contributed by atoms with van der Waals surface area (Å²) < 4.78 is 16.3. The molecule has 4 aromatic carbocycles. The van der Waals surface area contributed by atoms with Gasteiger partial charge in [0.25, 0.3) is 0 Å². The van der Waals surface area contributed by atoms with Crippen molar-refractivity contribution < 1.29 is 19.0 Å². The summed E-state index contributed by atoms with van der Waals surface area (Å²) in [6, 6.07) is 19.5. The second-order valence-corrected chi connectivity index (χ2v) is 7.16. The first kappa shape index (κ1) is 19.4. The molecule has 0 aromatic heterocycles. The molecule has 0 aliphatic rings. The molecule has 0 aliphatic heterocycles. The van der Waals surface area contributed by atoms with Crippen molar-refractivity contribution in [1.29, 1.82) is 0 Å². The smallest absolute Gasteiger partial charge is 0.333 e. The highest BCUT2D eigenvalue weighted by molar-refractivity contribution is 6.23. The van der Waals surface area contributed by atoms with Gasteiger partial charge in [-0.25, -0.2) is 4.79 Å². The number of rotatable bonds is 9. The molecule has 0 saturated carbocycles. The number of hydrogen-bond donors (Lipinski definition) is 0. The van der Waals surface area contributed by atoms with E-state index in [1.165, 1.54) is 37.9 Å². The topological polar surface area (TPSA) is 44.8 Å². The third kappa shape index (κ3) is 4.09.